The number of para-hydroxylation sites is 1. The predicted octanol–water partition coefficient (Wildman–Crippen LogP) is 4.30. The SMILES string of the molecule is COc1ccc([C@@H]2c3cccn3CCN2C(=S)Nc2ccccc2)cc1. The van der Waals surface area contributed by atoms with E-state index in [2.05, 4.69) is 45.2 Å². The average molecular weight is 363 g/mol. The van der Waals surface area contributed by atoms with Crippen LogP contribution in [0.4, 0.5) is 5.69 Å². The molecule has 5 heteroatoms. The highest BCUT2D eigenvalue weighted by molar-refractivity contribution is 7.80. The Morgan fingerprint density at radius 1 is 1.00 bits per heavy atom. The molecule has 26 heavy (non-hydrogen) atoms. The number of fused-ring (bicyclic) bond motifs is 1. The first kappa shape index (κ1) is 16.7. The van der Waals surface area contributed by atoms with Crippen LogP contribution in [0.2, 0.25) is 0 Å². The van der Waals surface area contributed by atoms with Crippen LogP contribution in [-0.4, -0.2) is 28.2 Å². The maximum Gasteiger partial charge on any atom is 0.174 e. The lowest BCUT2D eigenvalue weighted by molar-refractivity contribution is 0.293. The van der Waals surface area contributed by atoms with Crippen LogP contribution in [0.5, 0.6) is 5.75 Å². The molecule has 132 valence electrons. The topological polar surface area (TPSA) is 29.4 Å². The summed E-state index contributed by atoms with van der Waals surface area (Å²) in [5.41, 5.74) is 3.45. The van der Waals surface area contributed by atoms with Crippen LogP contribution in [0, 0.1) is 0 Å². The Balaban J connectivity index is 1.67. The van der Waals surface area contributed by atoms with E-state index in [0.717, 1.165) is 29.6 Å². The molecule has 0 aliphatic carbocycles. The molecule has 0 amide bonds. The molecule has 0 bridgehead atoms. The van der Waals surface area contributed by atoms with E-state index in [1.807, 2.05) is 42.5 Å². The third-order valence-corrected chi connectivity index (χ3v) is 5.09. The second-order valence-electron chi connectivity index (χ2n) is 6.29. The molecule has 0 radical (unpaired) electrons. The van der Waals surface area contributed by atoms with Crippen LogP contribution in [0.3, 0.4) is 0 Å². The smallest absolute Gasteiger partial charge is 0.174 e. The molecule has 1 atom stereocenters. The van der Waals surface area contributed by atoms with Crippen LogP contribution in [0.1, 0.15) is 17.3 Å². The van der Waals surface area contributed by atoms with E-state index in [4.69, 9.17) is 17.0 Å². The van der Waals surface area contributed by atoms with Crippen LogP contribution >= 0.6 is 12.2 Å². The minimum atomic E-state index is 0.0772. The number of hydrogen-bond donors (Lipinski definition) is 1. The van der Waals surface area contributed by atoms with Crippen molar-refractivity contribution in [3.8, 4) is 5.75 Å². The molecule has 0 fully saturated rings. The van der Waals surface area contributed by atoms with E-state index in [0.29, 0.717) is 0 Å². The Labute approximate surface area is 159 Å². The molecule has 0 spiro atoms. The van der Waals surface area contributed by atoms with E-state index < -0.39 is 0 Å². The summed E-state index contributed by atoms with van der Waals surface area (Å²) < 4.78 is 7.61. The van der Waals surface area contributed by atoms with Crippen molar-refractivity contribution < 1.29 is 4.74 Å². The zero-order valence-electron chi connectivity index (χ0n) is 14.6. The van der Waals surface area contributed by atoms with Crippen LogP contribution in [-0.2, 0) is 6.54 Å². The Hall–Kier alpha value is -2.79. The van der Waals surface area contributed by atoms with Crippen molar-refractivity contribution in [3.63, 3.8) is 0 Å². The fourth-order valence-electron chi connectivity index (χ4n) is 3.46. The van der Waals surface area contributed by atoms with Gasteiger partial charge in [0.15, 0.2) is 5.11 Å². The molecule has 4 nitrogen and oxygen atoms in total. The largest absolute Gasteiger partial charge is 0.497 e. The van der Waals surface area contributed by atoms with Gasteiger partial charge in [-0.15, -0.1) is 0 Å². The lowest BCUT2D eigenvalue weighted by atomic mass is 10.00. The van der Waals surface area contributed by atoms with Crippen molar-refractivity contribution in [2.24, 2.45) is 0 Å². The maximum absolute atomic E-state index is 5.77. The molecular weight excluding hydrogens is 342 g/mol. The maximum atomic E-state index is 5.77. The van der Waals surface area contributed by atoms with Crippen molar-refractivity contribution >= 4 is 23.0 Å². The van der Waals surface area contributed by atoms with E-state index >= 15 is 0 Å². The molecule has 4 rings (SSSR count). The van der Waals surface area contributed by atoms with Gasteiger partial charge in [0.2, 0.25) is 0 Å². The Morgan fingerprint density at radius 2 is 1.77 bits per heavy atom. The first-order valence-corrected chi connectivity index (χ1v) is 9.09. The molecule has 0 saturated heterocycles. The second-order valence-corrected chi connectivity index (χ2v) is 6.68. The van der Waals surface area contributed by atoms with Gasteiger partial charge in [-0.1, -0.05) is 30.3 Å². The van der Waals surface area contributed by atoms with Gasteiger partial charge in [-0.25, -0.2) is 0 Å². The fraction of sp³-hybridized carbons (Fsp3) is 0.190. The van der Waals surface area contributed by atoms with Gasteiger partial charge in [-0.3, -0.25) is 0 Å². The van der Waals surface area contributed by atoms with Crippen LogP contribution in [0.15, 0.2) is 72.9 Å². The van der Waals surface area contributed by atoms with Gasteiger partial charge in [-0.05, 0) is 54.2 Å². The molecule has 3 aromatic rings. The van der Waals surface area contributed by atoms with E-state index in [1.54, 1.807) is 7.11 Å². The normalized spacial score (nSPS) is 16.0. The molecule has 1 aliphatic heterocycles. The fourth-order valence-corrected chi connectivity index (χ4v) is 3.77. The number of ether oxygens (including phenoxy) is 1. The van der Waals surface area contributed by atoms with Gasteiger partial charge in [0.05, 0.1) is 13.2 Å². The number of nitrogens with one attached hydrogen (secondary N) is 1. The van der Waals surface area contributed by atoms with Crippen molar-refractivity contribution in [1.82, 2.24) is 9.47 Å². The summed E-state index contributed by atoms with van der Waals surface area (Å²) in [6.45, 7) is 1.78. The van der Waals surface area contributed by atoms with Gasteiger partial charge in [0.25, 0.3) is 0 Å². The summed E-state index contributed by atoms with van der Waals surface area (Å²) in [6, 6.07) is 22.7. The summed E-state index contributed by atoms with van der Waals surface area (Å²) in [7, 11) is 1.69. The highest BCUT2D eigenvalue weighted by Gasteiger charge is 2.30. The molecule has 2 aromatic carbocycles. The summed E-state index contributed by atoms with van der Waals surface area (Å²) in [5, 5.41) is 4.12. The standard InChI is InChI=1S/C21H21N3OS/c1-25-18-11-9-16(10-12-18)20-19-8-5-13-23(19)14-15-24(20)21(26)22-17-6-3-2-4-7-17/h2-13,20H,14-15H2,1H3,(H,22,26)/t20-/m1/s1. The van der Waals surface area contributed by atoms with Crippen molar-refractivity contribution in [2.75, 3.05) is 19.0 Å². The first-order chi connectivity index (χ1) is 12.8. The molecule has 1 aliphatic rings. The van der Waals surface area contributed by atoms with Gasteiger partial charge in [-0.2, -0.15) is 0 Å². The number of hydrogen-bond acceptors (Lipinski definition) is 2. The van der Waals surface area contributed by atoms with Crippen molar-refractivity contribution in [2.45, 2.75) is 12.6 Å². The Morgan fingerprint density at radius 3 is 2.50 bits per heavy atom. The predicted molar refractivity (Wildman–Crippen MR) is 109 cm³/mol. The summed E-state index contributed by atoms with van der Waals surface area (Å²) in [5.74, 6) is 0.858. The van der Waals surface area contributed by atoms with Crippen molar-refractivity contribution in [3.05, 3.63) is 84.2 Å². The molecule has 2 heterocycles. The second kappa shape index (κ2) is 7.22. The lowest BCUT2D eigenvalue weighted by Crippen LogP contribution is -2.44. The minimum absolute atomic E-state index is 0.0772. The molecule has 1 N–H and O–H groups in total. The Kier molecular flexibility index (Phi) is 4.63. The third kappa shape index (κ3) is 3.18. The highest BCUT2D eigenvalue weighted by atomic mass is 32.1. The first-order valence-electron chi connectivity index (χ1n) is 8.68. The number of nitrogens with zero attached hydrogens (tertiary/aromatic N) is 2. The van der Waals surface area contributed by atoms with Crippen LogP contribution < -0.4 is 10.1 Å². The third-order valence-electron chi connectivity index (χ3n) is 4.76. The van der Waals surface area contributed by atoms with Gasteiger partial charge < -0.3 is 19.5 Å². The number of anilines is 1. The van der Waals surface area contributed by atoms with Crippen LogP contribution in [0.25, 0.3) is 0 Å². The average Bonchev–Trinajstić information content (AvgIpc) is 3.17. The van der Waals surface area contributed by atoms with Gasteiger partial charge in [0, 0.05) is 30.7 Å². The number of benzene rings is 2. The zero-order valence-corrected chi connectivity index (χ0v) is 15.4. The summed E-state index contributed by atoms with van der Waals surface area (Å²) >= 11 is 5.77. The monoisotopic (exact) mass is 363 g/mol. The highest BCUT2D eigenvalue weighted by Crippen LogP contribution is 2.33. The van der Waals surface area contributed by atoms with Crippen molar-refractivity contribution in [1.29, 1.82) is 0 Å². The molecule has 0 unspecified atom stereocenters. The summed E-state index contributed by atoms with van der Waals surface area (Å²) in [6.07, 6.45) is 2.14. The quantitative estimate of drug-likeness (QED) is 0.703. The zero-order chi connectivity index (χ0) is 17.9. The Bertz CT molecular complexity index is 889. The summed E-state index contributed by atoms with van der Waals surface area (Å²) in [4.78, 5) is 2.26. The number of methoxy groups -OCH3 is 1. The van der Waals surface area contributed by atoms with Gasteiger partial charge in [0.1, 0.15) is 5.75 Å². The number of thiocarbonyl (C=S) groups is 1. The number of aromatic nitrogens is 1. The minimum Gasteiger partial charge on any atom is -0.497 e. The molecular formula is C21H21N3OS. The molecule has 0 saturated carbocycles. The molecule has 1 aromatic heterocycles. The van der Waals surface area contributed by atoms with E-state index in [1.165, 1.54) is 11.3 Å². The van der Waals surface area contributed by atoms with Gasteiger partial charge >= 0.3 is 0 Å². The lowest BCUT2D eigenvalue weighted by Gasteiger charge is -2.39. The van der Waals surface area contributed by atoms with E-state index in [-0.39, 0.29) is 6.04 Å². The number of rotatable bonds is 3. The van der Waals surface area contributed by atoms with E-state index in [9.17, 15) is 0 Å².